The molecule has 0 amide bonds. The first-order valence-electron chi connectivity index (χ1n) is 8.42. The van der Waals surface area contributed by atoms with E-state index in [1.807, 2.05) is 55.6 Å². The highest BCUT2D eigenvalue weighted by molar-refractivity contribution is 9.10. The number of hydrogen-bond acceptors (Lipinski definition) is 3. The van der Waals surface area contributed by atoms with E-state index in [-0.39, 0.29) is 0 Å². The van der Waals surface area contributed by atoms with Crippen LogP contribution in [0.2, 0.25) is 0 Å². The van der Waals surface area contributed by atoms with Crippen molar-refractivity contribution in [1.29, 1.82) is 0 Å². The number of aromatic nitrogens is 2. The zero-order valence-corrected chi connectivity index (χ0v) is 16.1. The molecule has 4 rings (SSSR count). The van der Waals surface area contributed by atoms with Crippen molar-refractivity contribution in [2.45, 2.75) is 6.92 Å². The molecule has 0 radical (unpaired) electrons. The van der Waals surface area contributed by atoms with Crippen LogP contribution in [-0.2, 0) is 11.8 Å². The highest BCUT2D eigenvalue weighted by Crippen LogP contribution is 2.40. The summed E-state index contributed by atoms with van der Waals surface area (Å²) in [5.41, 5.74) is 5.11. The van der Waals surface area contributed by atoms with Crippen molar-refractivity contribution in [3.63, 3.8) is 0 Å². The van der Waals surface area contributed by atoms with Gasteiger partial charge in [-0.3, -0.25) is 0 Å². The van der Waals surface area contributed by atoms with Crippen LogP contribution >= 0.6 is 15.9 Å². The summed E-state index contributed by atoms with van der Waals surface area (Å²) in [4.78, 5) is 17.2. The molecule has 0 saturated carbocycles. The standard InChI is InChI=1S/C21H17BrN2O2/c1-3-26-21(25)19-17(22)16(13-9-5-4-6-10-13)20-18(23-19)14-11-7-8-12-15(14)24(20)2/h4-12H,3H2,1-2H3. The molecule has 0 saturated heterocycles. The Hall–Kier alpha value is -2.66. The summed E-state index contributed by atoms with van der Waals surface area (Å²) in [6, 6.07) is 18.1. The van der Waals surface area contributed by atoms with Gasteiger partial charge in [0.15, 0.2) is 5.69 Å². The van der Waals surface area contributed by atoms with E-state index in [4.69, 9.17) is 4.74 Å². The third-order valence-corrected chi connectivity index (χ3v) is 5.27. The lowest BCUT2D eigenvalue weighted by molar-refractivity contribution is 0.0519. The second kappa shape index (κ2) is 6.57. The van der Waals surface area contributed by atoms with Gasteiger partial charge >= 0.3 is 5.97 Å². The van der Waals surface area contributed by atoms with Crippen molar-refractivity contribution in [1.82, 2.24) is 9.55 Å². The molecule has 4 nitrogen and oxygen atoms in total. The Labute approximate surface area is 159 Å². The zero-order valence-electron chi connectivity index (χ0n) is 14.5. The molecule has 2 heterocycles. The fraction of sp³-hybridized carbons (Fsp3) is 0.143. The van der Waals surface area contributed by atoms with Crippen LogP contribution < -0.4 is 0 Å². The Morgan fingerprint density at radius 2 is 1.81 bits per heavy atom. The van der Waals surface area contributed by atoms with E-state index in [1.165, 1.54) is 0 Å². The molecule has 26 heavy (non-hydrogen) atoms. The number of fused-ring (bicyclic) bond motifs is 3. The van der Waals surface area contributed by atoms with Gasteiger partial charge in [0, 0.05) is 18.0 Å². The number of carbonyl (C=O) groups excluding carboxylic acids is 1. The maximum atomic E-state index is 12.5. The van der Waals surface area contributed by atoms with E-state index in [0.717, 1.165) is 33.1 Å². The van der Waals surface area contributed by atoms with Crippen molar-refractivity contribution >= 4 is 43.8 Å². The maximum Gasteiger partial charge on any atom is 0.358 e. The average Bonchev–Trinajstić information content (AvgIpc) is 2.95. The molecule has 5 heteroatoms. The van der Waals surface area contributed by atoms with Crippen LogP contribution in [0.4, 0.5) is 0 Å². The Morgan fingerprint density at radius 1 is 1.12 bits per heavy atom. The fourth-order valence-corrected chi connectivity index (χ4v) is 4.03. The third kappa shape index (κ3) is 2.51. The molecule has 0 fully saturated rings. The van der Waals surface area contributed by atoms with Crippen LogP contribution in [0.1, 0.15) is 17.4 Å². The van der Waals surface area contributed by atoms with Crippen molar-refractivity contribution in [2.75, 3.05) is 6.61 Å². The van der Waals surface area contributed by atoms with E-state index in [2.05, 4.69) is 31.5 Å². The third-order valence-electron chi connectivity index (χ3n) is 4.50. The number of carbonyl (C=O) groups is 1. The summed E-state index contributed by atoms with van der Waals surface area (Å²) in [6.07, 6.45) is 0. The number of para-hydroxylation sites is 1. The van der Waals surface area contributed by atoms with Gasteiger partial charge in [0.05, 0.1) is 27.6 Å². The van der Waals surface area contributed by atoms with E-state index in [1.54, 1.807) is 6.92 Å². The first-order chi connectivity index (χ1) is 12.6. The van der Waals surface area contributed by atoms with Crippen molar-refractivity contribution in [3.05, 3.63) is 64.8 Å². The topological polar surface area (TPSA) is 44.1 Å². The minimum absolute atomic E-state index is 0.301. The number of pyridine rings is 1. The van der Waals surface area contributed by atoms with Gasteiger partial charge in [-0.2, -0.15) is 0 Å². The Kier molecular flexibility index (Phi) is 4.24. The van der Waals surface area contributed by atoms with E-state index in [9.17, 15) is 4.79 Å². The van der Waals surface area contributed by atoms with Crippen LogP contribution in [-0.4, -0.2) is 22.1 Å². The Bertz CT molecular complexity index is 1130. The van der Waals surface area contributed by atoms with Gasteiger partial charge in [-0.05, 0) is 34.5 Å². The summed E-state index contributed by atoms with van der Waals surface area (Å²) in [7, 11) is 2.02. The van der Waals surface area contributed by atoms with Gasteiger partial charge in [0.25, 0.3) is 0 Å². The molecule has 0 spiro atoms. The van der Waals surface area contributed by atoms with E-state index in [0.29, 0.717) is 16.8 Å². The molecular weight excluding hydrogens is 392 g/mol. The molecule has 0 atom stereocenters. The van der Waals surface area contributed by atoms with E-state index >= 15 is 0 Å². The van der Waals surface area contributed by atoms with Crippen molar-refractivity contribution < 1.29 is 9.53 Å². The number of hydrogen-bond donors (Lipinski definition) is 0. The molecule has 2 aromatic heterocycles. The van der Waals surface area contributed by atoms with Crippen LogP contribution in [0.25, 0.3) is 33.1 Å². The first-order valence-corrected chi connectivity index (χ1v) is 9.22. The predicted octanol–water partition coefficient (Wildman–Crippen LogP) is 5.33. The minimum atomic E-state index is -0.425. The van der Waals surface area contributed by atoms with Gasteiger partial charge < -0.3 is 9.30 Å². The largest absolute Gasteiger partial charge is 0.461 e. The van der Waals surface area contributed by atoms with Gasteiger partial charge in [0.1, 0.15) is 0 Å². The number of halogens is 1. The molecule has 0 bridgehead atoms. The van der Waals surface area contributed by atoms with E-state index < -0.39 is 5.97 Å². The van der Waals surface area contributed by atoms with Crippen LogP contribution in [0.5, 0.6) is 0 Å². The molecule has 0 N–H and O–H groups in total. The minimum Gasteiger partial charge on any atom is -0.461 e. The Morgan fingerprint density at radius 3 is 2.54 bits per heavy atom. The number of aryl methyl sites for hydroxylation is 1. The van der Waals surface area contributed by atoms with Crippen LogP contribution in [0, 0.1) is 0 Å². The van der Waals surface area contributed by atoms with Crippen LogP contribution in [0.3, 0.4) is 0 Å². The molecular formula is C21H17BrN2O2. The smallest absolute Gasteiger partial charge is 0.358 e. The lowest BCUT2D eigenvalue weighted by Crippen LogP contribution is -2.09. The number of esters is 1. The second-order valence-electron chi connectivity index (χ2n) is 6.01. The molecule has 4 aromatic rings. The van der Waals surface area contributed by atoms with Gasteiger partial charge in [-0.25, -0.2) is 9.78 Å². The monoisotopic (exact) mass is 408 g/mol. The second-order valence-corrected chi connectivity index (χ2v) is 6.80. The van der Waals surface area contributed by atoms with Crippen molar-refractivity contribution in [3.8, 4) is 11.1 Å². The highest BCUT2D eigenvalue weighted by Gasteiger charge is 2.24. The molecule has 2 aromatic carbocycles. The normalized spacial score (nSPS) is 11.2. The fourth-order valence-electron chi connectivity index (χ4n) is 3.36. The van der Waals surface area contributed by atoms with Gasteiger partial charge in [-0.15, -0.1) is 0 Å². The number of nitrogens with zero attached hydrogens (tertiary/aromatic N) is 2. The lowest BCUT2D eigenvalue weighted by atomic mass is 10.0. The lowest BCUT2D eigenvalue weighted by Gasteiger charge is -2.12. The van der Waals surface area contributed by atoms with Crippen LogP contribution in [0.15, 0.2) is 59.1 Å². The van der Waals surface area contributed by atoms with Gasteiger partial charge in [0.2, 0.25) is 0 Å². The quantitative estimate of drug-likeness (QED) is 0.430. The zero-order chi connectivity index (χ0) is 18.3. The summed E-state index contributed by atoms with van der Waals surface area (Å²) in [6.45, 7) is 2.10. The Balaban J connectivity index is 2.18. The predicted molar refractivity (Wildman–Crippen MR) is 107 cm³/mol. The summed E-state index contributed by atoms with van der Waals surface area (Å²) < 4.78 is 8.01. The molecule has 0 aliphatic heterocycles. The maximum absolute atomic E-state index is 12.5. The molecule has 0 aliphatic rings. The summed E-state index contributed by atoms with van der Waals surface area (Å²) in [5.74, 6) is -0.425. The average molecular weight is 409 g/mol. The molecule has 0 unspecified atom stereocenters. The number of benzene rings is 2. The SMILES string of the molecule is CCOC(=O)c1nc2c3ccccc3n(C)c2c(-c2ccccc2)c1Br. The summed E-state index contributed by atoms with van der Waals surface area (Å²) in [5, 5.41) is 1.01. The first kappa shape index (κ1) is 16.8. The number of ether oxygens (including phenoxy) is 1. The van der Waals surface area contributed by atoms with Gasteiger partial charge in [-0.1, -0.05) is 48.5 Å². The molecule has 0 aliphatic carbocycles. The number of rotatable bonds is 3. The summed E-state index contributed by atoms with van der Waals surface area (Å²) >= 11 is 3.62. The highest BCUT2D eigenvalue weighted by atomic mass is 79.9. The molecule has 130 valence electrons. The van der Waals surface area contributed by atoms with Crippen molar-refractivity contribution in [2.24, 2.45) is 7.05 Å².